The van der Waals surface area contributed by atoms with Crippen LogP contribution in [0.15, 0.2) is 64.9 Å². The molecular formula is C19H25NOS3. The van der Waals surface area contributed by atoms with Gasteiger partial charge in [-0.1, -0.05) is 61.8 Å². The Morgan fingerprint density at radius 2 is 1.79 bits per heavy atom. The minimum Gasteiger partial charge on any atom is -0.320 e. The van der Waals surface area contributed by atoms with Crippen LogP contribution >= 0.6 is 36.2 Å². The molecule has 0 aliphatic rings. The molecule has 0 aliphatic heterocycles. The topological polar surface area (TPSA) is 29.1 Å². The largest absolute Gasteiger partial charge is 0.320 e. The summed E-state index contributed by atoms with van der Waals surface area (Å²) in [5.74, 6) is 1.76. The zero-order chi connectivity index (χ0) is 17.9. The van der Waals surface area contributed by atoms with Crippen molar-refractivity contribution in [2.24, 2.45) is 0 Å². The summed E-state index contributed by atoms with van der Waals surface area (Å²) in [6, 6.07) is 9.72. The first-order valence-corrected chi connectivity index (χ1v) is 10.2. The SMILES string of the molecule is C=C(S)CCSCCC(=C)SC(=C)NC(=O)C(C)c1ccccc1. The number of hydrogen-bond donors (Lipinski definition) is 2. The van der Waals surface area contributed by atoms with E-state index < -0.39 is 0 Å². The molecule has 1 aromatic rings. The molecule has 0 radical (unpaired) electrons. The highest BCUT2D eigenvalue weighted by Crippen LogP contribution is 2.26. The molecular weight excluding hydrogens is 354 g/mol. The molecule has 1 N–H and O–H groups in total. The van der Waals surface area contributed by atoms with E-state index in [1.54, 1.807) is 0 Å². The zero-order valence-electron chi connectivity index (χ0n) is 14.1. The van der Waals surface area contributed by atoms with Gasteiger partial charge >= 0.3 is 0 Å². The summed E-state index contributed by atoms with van der Waals surface area (Å²) < 4.78 is 0. The lowest BCUT2D eigenvalue weighted by molar-refractivity contribution is -0.121. The minimum absolute atomic E-state index is 0.0480. The molecule has 0 aromatic heterocycles. The number of thioether (sulfide) groups is 2. The van der Waals surface area contributed by atoms with E-state index in [0.717, 1.165) is 39.7 Å². The van der Waals surface area contributed by atoms with Crippen LogP contribution in [-0.4, -0.2) is 17.4 Å². The Hall–Kier alpha value is -1.04. The fourth-order valence-corrected chi connectivity index (χ4v) is 3.95. The van der Waals surface area contributed by atoms with Gasteiger partial charge in [-0.25, -0.2) is 0 Å². The lowest BCUT2D eigenvalue weighted by Gasteiger charge is -2.14. The molecule has 1 atom stereocenters. The molecule has 0 spiro atoms. The molecule has 1 amide bonds. The second kappa shape index (κ2) is 11.5. The van der Waals surface area contributed by atoms with Crippen LogP contribution in [0.25, 0.3) is 0 Å². The van der Waals surface area contributed by atoms with Gasteiger partial charge in [0.25, 0.3) is 0 Å². The first-order chi connectivity index (χ1) is 11.4. The summed E-state index contributed by atoms with van der Waals surface area (Å²) >= 11 is 7.47. The lowest BCUT2D eigenvalue weighted by atomic mass is 10.0. The Kier molecular flexibility index (Phi) is 10.1. The molecule has 1 aromatic carbocycles. The summed E-state index contributed by atoms with van der Waals surface area (Å²) in [6.45, 7) is 13.6. The van der Waals surface area contributed by atoms with Crippen LogP contribution in [0.1, 0.15) is 31.2 Å². The van der Waals surface area contributed by atoms with E-state index in [2.05, 4.69) is 37.7 Å². The van der Waals surface area contributed by atoms with Crippen LogP contribution < -0.4 is 5.32 Å². The number of benzene rings is 1. The zero-order valence-corrected chi connectivity index (χ0v) is 16.6. The van der Waals surface area contributed by atoms with Gasteiger partial charge in [-0.05, 0) is 46.6 Å². The molecule has 0 bridgehead atoms. The Morgan fingerprint density at radius 3 is 2.42 bits per heavy atom. The van der Waals surface area contributed by atoms with E-state index in [1.807, 2.05) is 49.0 Å². The minimum atomic E-state index is -0.207. The summed E-state index contributed by atoms with van der Waals surface area (Å²) in [7, 11) is 0. The fourth-order valence-electron chi connectivity index (χ4n) is 1.87. The van der Waals surface area contributed by atoms with E-state index in [0.29, 0.717) is 5.03 Å². The molecule has 1 unspecified atom stereocenters. The predicted molar refractivity (Wildman–Crippen MR) is 114 cm³/mol. The van der Waals surface area contributed by atoms with Crippen molar-refractivity contribution in [2.45, 2.75) is 25.7 Å². The van der Waals surface area contributed by atoms with Crippen molar-refractivity contribution in [3.63, 3.8) is 0 Å². The van der Waals surface area contributed by atoms with Gasteiger partial charge in [0.05, 0.1) is 10.9 Å². The average molecular weight is 380 g/mol. The molecule has 0 aliphatic carbocycles. The standard InChI is InChI=1S/C19H25NOS3/c1-14(22)10-12-23-13-11-15(2)24-17(4)20-19(21)16(3)18-8-6-5-7-9-18/h5-9,16,22H,1-2,4,10-13H2,3H3,(H,20,21). The summed E-state index contributed by atoms with van der Waals surface area (Å²) in [6.07, 6.45) is 1.81. The van der Waals surface area contributed by atoms with E-state index >= 15 is 0 Å². The van der Waals surface area contributed by atoms with Crippen LogP contribution in [0.5, 0.6) is 0 Å². The quantitative estimate of drug-likeness (QED) is 0.388. The number of carbonyl (C=O) groups is 1. The molecule has 130 valence electrons. The van der Waals surface area contributed by atoms with Gasteiger partial charge in [-0.15, -0.1) is 12.6 Å². The Morgan fingerprint density at radius 1 is 1.17 bits per heavy atom. The van der Waals surface area contributed by atoms with Crippen molar-refractivity contribution in [1.82, 2.24) is 5.32 Å². The van der Waals surface area contributed by atoms with Crippen LogP contribution in [0.4, 0.5) is 0 Å². The second-order valence-electron chi connectivity index (χ2n) is 5.36. The Balaban J connectivity index is 2.28. The number of thiol groups is 1. The van der Waals surface area contributed by atoms with Crippen molar-refractivity contribution in [2.75, 3.05) is 11.5 Å². The van der Waals surface area contributed by atoms with Crippen molar-refractivity contribution in [3.05, 3.63) is 70.5 Å². The smallest absolute Gasteiger partial charge is 0.232 e. The Bertz CT molecular complexity index is 584. The highest BCUT2D eigenvalue weighted by molar-refractivity contribution is 8.06. The lowest BCUT2D eigenvalue weighted by Crippen LogP contribution is -2.26. The van der Waals surface area contributed by atoms with Crippen LogP contribution in [0.3, 0.4) is 0 Å². The van der Waals surface area contributed by atoms with Crippen molar-refractivity contribution < 1.29 is 4.79 Å². The number of allylic oxidation sites excluding steroid dienone is 2. The normalized spacial score (nSPS) is 11.6. The molecule has 0 saturated heterocycles. The van der Waals surface area contributed by atoms with E-state index in [4.69, 9.17) is 0 Å². The molecule has 2 nitrogen and oxygen atoms in total. The molecule has 5 heteroatoms. The third-order valence-corrected chi connectivity index (χ3v) is 5.33. The molecule has 1 rings (SSSR count). The maximum absolute atomic E-state index is 12.3. The Labute approximate surface area is 159 Å². The summed E-state index contributed by atoms with van der Waals surface area (Å²) in [5, 5.41) is 3.49. The van der Waals surface area contributed by atoms with E-state index in [9.17, 15) is 4.79 Å². The third-order valence-electron chi connectivity index (χ3n) is 3.28. The first kappa shape index (κ1) is 21.0. The number of hydrogen-bond acceptors (Lipinski definition) is 4. The summed E-state index contributed by atoms with van der Waals surface area (Å²) in [5.41, 5.74) is 0.994. The van der Waals surface area contributed by atoms with Gasteiger partial charge in [0.2, 0.25) is 5.91 Å². The number of amides is 1. The molecule has 0 heterocycles. The van der Waals surface area contributed by atoms with Gasteiger partial charge in [-0.2, -0.15) is 11.8 Å². The highest BCUT2D eigenvalue weighted by Gasteiger charge is 2.15. The van der Waals surface area contributed by atoms with Gasteiger partial charge in [-0.3, -0.25) is 4.79 Å². The third kappa shape index (κ3) is 8.71. The van der Waals surface area contributed by atoms with E-state index in [1.165, 1.54) is 11.8 Å². The van der Waals surface area contributed by atoms with Gasteiger partial charge in [0.15, 0.2) is 0 Å². The summed E-state index contributed by atoms with van der Waals surface area (Å²) in [4.78, 5) is 14.2. The predicted octanol–water partition coefficient (Wildman–Crippen LogP) is 5.58. The van der Waals surface area contributed by atoms with Gasteiger partial charge in [0.1, 0.15) is 0 Å². The van der Waals surface area contributed by atoms with Gasteiger partial charge in [0, 0.05) is 0 Å². The van der Waals surface area contributed by atoms with Crippen molar-refractivity contribution >= 4 is 42.1 Å². The molecule has 0 fully saturated rings. The maximum Gasteiger partial charge on any atom is 0.232 e. The van der Waals surface area contributed by atoms with E-state index in [-0.39, 0.29) is 11.8 Å². The molecule has 0 saturated carbocycles. The molecule has 24 heavy (non-hydrogen) atoms. The number of carbonyl (C=O) groups excluding carboxylic acids is 1. The fraction of sp³-hybridized carbons (Fsp3) is 0.316. The number of nitrogens with one attached hydrogen (secondary N) is 1. The highest BCUT2D eigenvalue weighted by atomic mass is 32.2. The van der Waals surface area contributed by atoms with Gasteiger partial charge < -0.3 is 5.32 Å². The first-order valence-electron chi connectivity index (χ1n) is 7.75. The van der Waals surface area contributed by atoms with Crippen molar-refractivity contribution in [1.29, 1.82) is 0 Å². The number of rotatable bonds is 11. The van der Waals surface area contributed by atoms with Crippen LogP contribution in [-0.2, 0) is 4.79 Å². The maximum atomic E-state index is 12.3. The average Bonchev–Trinajstić information content (AvgIpc) is 2.54. The van der Waals surface area contributed by atoms with Crippen LogP contribution in [0.2, 0.25) is 0 Å². The van der Waals surface area contributed by atoms with Crippen LogP contribution in [0, 0.1) is 0 Å². The van der Waals surface area contributed by atoms with Crippen molar-refractivity contribution in [3.8, 4) is 0 Å². The second-order valence-corrected chi connectivity index (χ2v) is 8.50. The monoisotopic (exact) mass is 379 g/mol.